The van der Waals surface area contributed by atoms with Gasteiger partial charge in [-0.15, -0.1) is 0 Å². The molecule has 3 aromatic rings. The zero-order chi connectivity index (χ0) is 24.1. The molecule has 0 aliphatic carbocycles. The first-order chi connectivity index (χ1) is 15.8. The van der Waals surface area contributed by atoms with E-state index in [2.05, 4.69) is 10.1 Å². The molecule has 1 heterocycles. The fourth-order valence-corrected chi connectivity index (χ4v) is 3.18. The highest BCUT2D eigenvalue weighted by molar-refractivity contribution is 6.09. The van der Waals surface area contributed by atoms with E-state index in [4.69, 9.17) is 4.74 Å². The fourth-order valence-electron chi connectivity index (χ4n) is 3.18. The van der Waals surface area contributed by atoms with Crippen LogP contribution in [0.25, 0.3) is 11.8 Å². The van der Waals surface area contributed by atoms with Crippen LogP contribution in [0.15, 0.2) is 58.9 Å². The van der Waals surface area contributed by atoms with Crippen molar-refractivity contribution in [2.45, 2.75) is 13.5 Å². The molecule has 0 bridgehead atoms. The summed E-state index contributed by atoms with van der Waals surface area (Å²) in [6, 6.07) is 14.6. The summed E-state index contributed by atoms with van der Waals surface area (Å²) in [7, 11) is 2.95. The van der Waals surface area contributed by atoms with Crippen LogP contribution in [-0.4, -0.2) is 29.0 Å². The lowest BCUT2D eigenvalue weighted by Gasteiger charge is -2.10. The average Bonchev–Trinajstić information content (AvgIpc) is 3.01. The molecule has 0 atom stereocenters. The molecule has 33 heavy (non-hydrogen) atoms. The van der Waals surface area contributed by atoms with Crippen LogP contribution in [0, 0.1) is 18.3 Å². The van der Waals surface area contributed by atoms with E-state index >= 15 is 0 Å². The second-order valence-electron chi connectivity index (χ2n) is 6.85. The van der Waals surface area contributed by atoms with Gasteiger partial charge in [-0.25, -0.2) is 4.68 Å². The van der Waals surface area contributed by atoms with Gasteiger partial charge in [-0.2, -0.15) is 14.0 Å². The Morgan fingerprint density at radius 2 is 1.88 bits per heavy atom. The summed E-state index contributed by atoms with van der Waals surface area (Å²) in [4.78, 5) is 25.7. The maximum Gasteiger partial charge on any atom is 0.387 e. The third-order valence-electron chi connectivity index (χ3n) is 4.87. The minimum atomic E-state index is -3.03. The fraction of sp³-hybridized carbons (Fsp3) is 0.174. The quantitative estimate of drug-likeness (QED) is 0.434. The van der Waals surface area contributed by atoms with Gasteiger partial charge in [-0.05, 0) is 42.8 Å². The summed E-state index contributed by atoms with van der Waals surface area (Å²) in [5.74, 6) is -0.976. The van der Waals surface area contributed by atoms with Crippen LogP contribution >= 0.6 is 0 Å². The second kappa shape index (κ2) is 9.82. The van der Waals surface area contributed by atoms with Crippen molar-refractivity contribution < 1.29 is 23.0 Å². The summed E-state index contributed by atoms with van der Waals surface area (Å²) in [6.07, 6.45) is 1.25. The number of amides is 1. The van der Waals surface area contributed by atoms with Crippen LogP contribution in [-0.2, 0) is 11.8 Å². The molecule has 0 aliphatic rings. The number of nitriles is 1. The number of alkyl halides is 2. The van der Waals surface area contributed by atoms with Gasteiger partial charge in [0.05, 0.1) is 18.5 Å². The standard InChI is InChI=1S/C23H20F2N4O4/c1-14-20(22(31)29(28(14)2)17-7-5-4-6-8-17)27-21(30)16(13-26)11-15-9-10-18(33-23(24)25)19(12-15)32-3/h4-12,23H,1-3H3,(H,27,30)/b16-11-. The Morgan fingerprint density at radius 1 is 1.18 bits per heavy atom. The lowest BCUT2D eigenvalue weighted by atomic mass is 10.1. The van der Waals surface area contributed by atoms with E-state index in [0.717, 1.165) is 0 Å². The van der Waals surface area contributed by atoms with Crippen molar-refractivity contribution >= 4 is 17.7 Å². The summed E-state index contributed by atoms with van der Waals surface area (Å²) in [5.41, 5.74) is 0.723. The minimum Gasteiger partial charge on any atom is -0.493 e. The van der Waals surface area contributed by atoms with E-state index in [1.54, 1.807) is 49.0 Å². The predicted molar refractivity (Wildman–Crippen MR) is 118 cm³/mol. The molecule has 0 aliphatic heterocycles. The molecule has 170 valence electrons. The predicted octanol–water partition coefficient (Wildman–Crippen LogP) is 3.64. The van der Waals surface area contributed by atoms with E-state index < -0.39 is 18.1 Å². The largest absolute Gasteiger partial charge is 0.493 e. The molecule has 0 unspecified atom stereocenters. The Balaban J connectivity index is 1.92. The molecular weight excluding hydrogens is 434 g/mol. The Hall–Kier alpha value is -4.39. The number of carbonyl (C=O) groups excluding carboxylic acids is 1. The number of ether oxygens (including phenoxy) is 2. The van der Waals surface area contributed by atoms with Crippen LogP contribution < -0.4 is 20.3 Å². The molecule has 0 spiro atoms. The van der Waals surface area contributed by atoms with Gasteiger partial charge in [0.1, 0.15) is 17.3 Å². The summed E-state index contributed by atoms with van der Waals surface area (Å²) < 4.78 is 37.4. The number of hydrogen-bond acceptors (Lipinski definition) is 5. The highest BCUT2D eigenvalue weighted by atomic mass is 19.3. The van der Waals surface area contributed by atoms with Crippen molar-refractivity contribution in [1.82, 2.24) is 9.36 Å². The van der Waals surface area contributed by atoms with Gasteiger partial charge in [0.25, 0.3) is 11.5 Å². The normalized spacial score (nSPS) is 11.2. The van der Waals surface area contributed by atoms with Crippen LogP contribution in [0.3, 0.4) is 0 Å². The van der Waals surface area contributed by atoms with Crippen LogP contribution in [0.4, 0.5) is 14.5 Å². The zero-order valence-electron chi connectivity index (χ0n) is 18.0. The number of methoxy groups -OCH3 is 1. The number of benzene rings is 2. The summed E-state index contributed by atoms with van der Waals surface area (Å²) in [6.45, 7) is -1.37. The van der Waals surface area contributed by atoms with Crippen LogP contribution in [0.5, 0.6) is 11.5 Å². The smallest absolute Gasteiger partial charge is 0.387 e. The summed E-state index contributed by atoms with van der Waals surface area (Å²) in [5, 5.41) is 12.0. The number of rotatable bonds is 7. The Bertz CT molecular complexity index is 1300. The Kier molecular flexibility index (Phi) is 6.93. The van der Waals surface area contributed by atoms with Crippen molar-refractivity contribution in [2.24, 2.45) is 7.05 Å². The molecule has 3 rings (SSSR count). The number of halogens is 2. The molecule has 1 amide bonds. The molecule has 0 fully saturated rings. The Morgan fingerprint density at radius 3 is 2.48 bits per heavy atom. The van der Waals surface area contributed by atoms with Gasteiger partial charge in [-0.3, -0.25) is 14.3 Å². The van der Waals surface area contributed by atoms with E-state index in [0.29, 0.717) is 16.9 Å². The first kappa shape index (κ1) is 23.3. The van der Waals surface area contributed by atoms with E-state index in [-0.39, 0.29) is 22.8 Å². The molecule has 0 saturated carbocycles. The van der Waals surface area contributed by atoms with Crippen molar-refractivity contribution in [3.8, 4) is 23.3 Å². The third kappa shape index (κ3) is 4.93. The molecule has 2 aromatic carbocycles. The van der Waals surface area contributed by atoms with Gasteiger partial charge in [0.15, 0.2) is 11.5 Å². The maximum atomic E-state index is 13.0. The van der Waals surface area contributed by atoms with Gasteiger partial charge in [0, 0.05) is 7.05 Å². The van der Waals surface area contributed by atoms with Crippen LogP contribution in [0.2, 0.25) is 0 Å². The first-order valence-electron chi connectivity index (χ1n) is 9.66. The minimum absolute atomic E-state index is 0.00593. The molecule has 1 N–H and O–H groups in total. The van der Waals surface area contributed by atoms with Crippen molar-refractivity contribution in [1.29, 1.82) is 5.26 Å². The molecule has 0 saturated heterocycles. The van der Waals surface area contributed by atoms with Gasteiger partial charge in [-0.1, -0.05) is 24.3 Å². The summed E-state index contributed by atoms with van der Waals surface area (Å²) >= 11 is 0. The highest BCUT2D eigenvalue weighted by Crippen LogP contribution is 2.30. The number of aromatic nitrogens is 2. The molecule has 10 heteroatoms. The second-order valence-corrected chi connectivity index (χ2v) is 6.85. The topological polar surface area (TPSA) is 98.3 Å². The lowest BCUT2D eigenvalue weighted by molar-refractivity contribution is -0.112. The Labute approximate surface area is 187 Å². The van der Waals surface area contributed by atoms with Gasteiger partial charge in [0.2, 0.25) is 0 Å². The highest BCUT2D eigenvalue weighted by Gasteiger charge is 2.20. The van der Waals surface area contributed by atoms with Gasteiger partial charge < -0.3 is 14.8 Å². The molecular formula is C23H20F2N4O4. The van der Waals surface area contributed by atoms with E-state index in [1.165, 1.54) is 36.1 Å². The van der Waals surface area contributed by atoms with E-state index in [9.17, 15) is 23.6 Å². The SMILES string of the molecule is COc1cc(/C=C(/C#N)C(=O)Nc2c(C)n(C)n(-c3ccccc3)c2=O)ccc1OC(F)F. The number of hydrogen-bond donors (Lipinski definition) is 1. The maximum absolute atomic E-state index is 13.0. The first-order valence-corrected chi connectivity index (χ1v) is 9.66. The average molecular weight is 454 g/mol. The molecule has 8 nitrogen and oxygen atoms in total. The van der Waals surface area contributed by atoms with Crippen molar-refractivity contribution in [3.63, 3.8) is 0 Å². The van der Waals surface area contributed by atoms with Crippen molar-refractivity contribution in [3.05, 3.63) is 75.7 Å². The molecule has 0 radical (unpaired) electrons. The lowest BCUT2D eigenvalue weighted by Crippen LogP contribution is -2.23. The number of nitrogens with one attached hydrogen (secondary N) is 1. The third-order valence-corrected chi connectivity index (χ3v) is 4.87. The number of nitrogens with zero attached hydrogens (tertiary/aromatic N) is 3. The van der Waals surface area contributed by atoms with E-state index in [1.807, 2.05) is 6.07 Å². The molecule has 1 aromatic heterocycles. The van der Waals surface area contributed by atoms with Crippen LogP contribution in [0.1, 0.15) is 11.3 Å². The monoisotopic (exact) mass is 454 g/mol. The van der Waals surface area contributed by atoms with Gasteiger partial charge >= 0.3 is 6.61 Å². The number of anilines is 1. The number of para-hydroxylation sites is 1. The number of carbonyl (C=O) groups is 1. The zero-order valence-corrected chi connectivity index (χ0v) is 18.0. The van der Waals surface area contributed by atoms with Crippen molar-refractivity contribution in [2.75, 3.05) is 12.4 Å².